The quantitative estimate of drug-likeness (QED) is 0.831. The van der Waals surface area contributed by atoms with E-state index in [1.165, 1.54) is 0 Å². The smallest absolute Gasteiger partial charge is 0.136 e. The molecule has 0 aliphatic carbocycles. The highest BCUT2D eigenvalue weighted by Gasteiger charge is 2.16. The molecule has 0 amide bonds. The third kappa shape index (κ3) is 3.42. The summed E-state index contributed by atoms with van der Waals surface area (Å²) in [4.78, 5) is 7.32. The second-order valence-corrected chi connectivity index (χ2v) is 5.72. The van der Waals surface area contributed by atoms with E-state index < -0.39 is 0 Å². The molecule has 0 unspecified atom stereocenters. The fourth-order valence-electron chi connectivity index (χ4n) is 2.41. The maximum absolute atomic E-state index is 5.64. The number of aromatic nitrogens is 1. The van der Waals surface area contributed by atoms with Gasteiger partial charge in [0, 0.05) is 36.0 Å². The summed E-state index contributed by atoms with van der Waals surface area (Å²) in [6.07, 6.45) is 2.49. The van der Waals surface area contributed by atoms with Crippen LogP contribution in [-0.2, 0) is 0 Å². The van der Waals surface area contributed by atoms with E-state index in [-0.39, 0.29) is 0 Å². The van der Waals surface area contributed by atoms with Gasteiger partial charge in [0.05, 0.1) is 12.1 Å². The van der Waals surface area contributed by atoms with Gasteiger partial charge in [0.2, 0.25) is 0 Å². The van der Waals surface area contributed by atoms with Crippen LogP contribution in [0.2, 0.25) is 0 Å². The summed E-state index contributed by atoms with van der Waals surface area (Å²) in [5.41, 5.74) is 5.64. The largest absolute Gasteiger partial charge is 0.496 e. The first-order chi connectivity index (χ1) is 10.0. The summed E-state index contributed by atoms with van der Waals surface area (Å²) in [6, 6.07) is 8.29. The molecule has 0 atom stereocenters. The standard InChI is InChI=1S/C16H21N3OS/c1-11(2)19(10-8-15(17)21)16-13-5-4-6-14(20-3)12(13)7-9-18-16/h4-7,9,11H,8,10H2,1-3H3,(H2,17,21). The molecule has 5 heteroatoms. The highest BCUT2D eigenvalue weighted by Crippen LogP contribution is 2.31. The van der Waals surface area contributed by atoms with E-state index in [1.54, 1.807) is 7.11 Å². The molecule has 0 saturated heterocycles. The maximum Gasteiger partial charge on any atom is 0.136 e. The molecule has 0 fully saturated rings. The molecule has 0 bridgehead atoms. The lowest BCUT2D eigenvalue weighted by atomic mass is 10.1. The van der Waals surface area contributed by atoms with Crippen LogP contribution in [0.25, 0.3) is 10.8 Å². The summed E-state index contributed by atoms with van der Waals surface area (Å²) in [5.74, 6) is 1.80. The predicted octanol–water partition coefficient (Wildman–Crippen LogP) is 3.13. The second-order valence-electron chi connectivity index (χ2n) is 5.19. The first-order valence-electron chi connectivity index (χ1n) is 7.01. The number of methoxy groups -OCH3 is 1. The molecular weight excluding hydrogens is 282 g/mol. The molecule has 1 heterocycles. The average Bonchev–Trinajstić information content (AvgIpc) is 2.46. The van der Waals surface area contributed by atoms with Crippen LogP contribution in [0.3, 0.4) is 0 Å². The number of hydrogen-bond acceptors (Lipinski definition) is 4. The van der Waals surface area contributed by atoms with Crippen LogP contribution in [0.5, 0.6) is 5.75 Å². The Balaban J connectivity index is 2.50. The van der Waals surface area contributed by atoms with Gasteiger partial charge in [-0.15, -0.1) is 0 Å². The van der Waals surface area contributed by atoms with Gasteiger partial charge in [-0.05, 0) is 26.0 Å². The number of anilines is 1. The lowest BCUT2D eigenvalue weighted by Gasteiger charge is -2.29. The number of rotatable bonds is 6. The molecule has 0 radical (unpaired) electrons. The van der Waals surface area contributed by atoms with Gasteiger partial charge < -0.3 is 15.4 Å². The molecule has 4 nitrogen and oxygen atoms in total. The van der Waals surface area contributed by atoms with Crippen LogP contribution in [-0.4, -0.2) is 29.7 Å². The summed E-state index contributed by atoms with van der Waals surface area (Å²) in [5, 5.41) is 2.14. The lowest BCUT2D eigenvalue weighted by molar-refractivity contribution is 0.420. The Hall–Kier alpha value is -1.88. The molecule has 0 aliphatic rings. The molecule has 2 aromatic rings. The van der Waals surface area contributed by atoms with E-state index in [0.29, 0.717) is 17.5 Å². The molecule has 0 spiro atoms. The van der Waals surface area contributed by atoms with Crippen molar-refractivity contribution in [2.24, 2.45) is 5.73 Å². The number of hydrogen-bond donors (Lipinski definition) is 1. The Labute approximate surface area is 130 Å². The average molecular weight is 303 g/mol. The predicted molar refractivity (Wildman–Crippen MR) is 92.2 cm³/mol. The Kier molecular flexibility index (Phi) is 4.96. The molecule has 1 aromatic heterocycles. The summed E-state index contributed by atoms with van der Waals surface area (Å²) >= 11 is 5.00. The number of benzene rings is 1. The van der Waals surface area contributed by atoms with Crippen LogP contribution in [0.15, 0.2) is 30.5 Å². The van der Waals surface area contributed by atoms with E-state index in [1.807, 2.05) is 24.4 Å². The van der Waals surface area contributed by atoms with Gasteiger partial charge >= 0.3 is 0 Å². The first-order valence-corrected chi connectivity index (χ1v) is 7.42. The second kappa shape index (κ2) is 6.72. The zero-order chi connectivity index (χ0) is 15.4. The number of nitrogens with two attached hydrogens (primary N) is 1. The molecule has 0 aliphatic heterocycles. The van der Waals surface area contributed by atoms with Crippen molar-refractivity contribution in [1.82, 2.24) is 4.98 Å². The van der Waals surface area contributed by atoms with Crippen molar-refractivity contribution in [3.63, 3.8) is 0 Å². The fourth-order valence-corrected chi connectivity index (χ4v) is 2.50. The number of pyridine rings is 1. The van der Waals surface area contributed by atoms with E-state index in [2.05, 4.69) is 29.8 Å². The van der Waals surface area contributed by atoms with E-state index in [0.717, 1.165) is 28.9 Å². The molecule has 1 aromatic carbocycles. The van der Waals surface area contributed by atoms with Crippen molar-refractivity contribution in [3.8, 4) is 5.75 Å². The molecule has 0 saturated carbocycles. The Morgan fingerprint density at radius 1 is 1.33 bits per heavy atom. The number of ether oxygens (including phenoxy) is 1. The maximum atomic E-state index is 5.64. The minimum absolute atomic E-state index is 0.309. The first kappa shape index (κ1) is 15.5. The van der Waals surface area contributed by atoms with E-state index in [9.17, 15) is 0 Å². The van der Waals surface area contributed by atoms with Gasteiger partial charge in [-0.1, -0.05) is 24.4 Å². The van der Waals surface area contributed by atoms with Crippen molar-refractivity contribution in [2.45, 2.75) is 26.3 Å². The Morgan fingerprint density at radius 2 is 2.10 bits per heavy atom. The van der Waals surface area contributed by atoms with Crippen LogP contribution in [0, 0.1) is 0 Å². The van der Waals surface area contributed by atoms with Gasteiger partial charge in [-0.2, -0.15) is 0 Å². The minimum Gasteiger partial charge on any atom is -0.496 e. The molecule has 2 rings (SSSR count). The fraction of sp³-hybridized carbons (Fsp3) is 0.375. The van der Waals surface area contributed by atoms with Crippen molar-refractivity contribution >= 4 is 33.8 Å². The number of fused-ring (bicyclic) bond motifs is 1. The zero-order valence-electron chi connectivity index (χ0n) is 12.7. The Bertz CT molecular complexity index is 642. The van der Waals surface area contributed by atoms with Crippen LogP contribution in [0.1, 0.15) is 20.3 Å². The van der Waals surface area contributed by atoms with Gasteiger partial charge in [0.15, 0.2) is 0 Å². The zero-order valence-corrected chi connectivity index (χ0v) is 13.5. The molecule has 2 N–H and O–H groups in total. The molecule has 21 heavy (non-hydrogen) atoms. The van der Waals surface area contributed by atoms with Crippen molar-refractivity contribution in [1.29, 1.82) is 0 Å². The van der Waals surface area contributed by atoms with Crippen LogP contribution >= 0.6 is 12.2 Å². The van der Waals surface area contributed by atoms with Gasteiger partial charge in [0.1, 0.15) is 11.6 Å². The highest BCUT2D eigenvalue weighted by molar-refractivity contribution is 7.80. The van der Waals surface area contributed by atoms with Crippen LogP contribution in [0.4, 0.5) is 5.82 Å². The van der Waals surface area contributed by atoms with E-state index >= 15 is 0 Å². The van der Waals surface area contributed by atoms with Crippen molar-refractivity contribution in [2.75, 3.05) is 18.6 Å². The topological polar surface area (TPSA) is 51.4 Å². The summed E-state index contributed by atoms with van der Waals surface area (Å²) in [6.45, 7) is 5.04. The van der Waals surface area contributed by atoms with Gasteiger partial charge in [-0.3, -0.25) is 0 Å². The molecular formula is C16H21N3OS. The SMILES string of the molecule is COc1cccc2c(N(CCC(N)=S)C(C)C)nccc12. The minimum atomic E-state index is 0.309. The number of thiocarbonyl (C=S) groups is 1. The van der Waals surface area contributed by atoms with E-state index in [4.69, 9.17) is 22.7 Å². The number of nitrogens with zero attached hydrogens (tertiary/aromatic N) is 2. The Morgan fingerprint density at radius 3 is 2.71 bits per heavy atom. The van der Waals surface area contributed by atoms with Gasteiger partial charge in [-0.25, -0.2) is 4.98 Å². The summed E-state index contributed by atoms with van der Waals surface area (Å²) < 4.78 is 5.43. The van der Waals surface area contributed by atoms with Crippen molar-refractivity contribution < 1.29 is 4.74 Å². The van der Waals surface area contributed by atoms with Gasteiger partial charge in [0.25, 0.3) is 0 Å². The lowest BCUT2D eigenvalue weighted by Crippen LogP contribution is -2.34. The van der Waals surface area contributed by atoms with Crippen LogP contribution < -0.4 is 15.4 Å². The molecule has 112 valence electrons. The monoisotopic (exact) mass is 303 g/mol. The van der Waals surface area contributed by atoms with Crippen molar-refractivity contribution in [3.05, 3.63) is 30.5 Å². The highest BCUT2D eigenvalue weighted by atomic mass is 32.1. The third-order valence-electron chi connectivity index (χ3n) is 3.46. The summed E-state index contributed by atoms with van der Waals surface area (Å²) in [7, 11) is 1.68. The normalized spacial score (nSPS) is 10.9. The third-order valence-corrected chi connectivity index (χ3v) is 3.66.